The van der Waals surface area contributed by atoms with E-state index in [1.807, 2.05) is 12.1 Å². The first kappa shape index (κ1) is 25.9. The Kier molecular flexibility index (Phi) is 8.42. The van der Waals surface area contributed by atoms with Gasteiger partial charge < -0.3 is 0 Å². The molecule has 36 heavy (non-hydrogen) atoms. The molecule has 0 aliphatic carbocycles. The average Bonchev–Trinajstić information content (AvgIpc) is 2.92. The lowest BCUT2D eigenvalue weighted by atomic mass is 10.2. The second kappa shape index (κ2) is 11.7. The summed E-state index contributed by atoms with van der Waals surface area (Å²) in [5, 5.41) is 0.399. The predicted octanol–water partition coefficient (Wildman–Crippen LogP) is 6.04. The smallest absolute Gasteiger partial charge is 0.199 e. The summed E-state index contributed by atoms with van der Waals surface area (Å²) in [5.41, 5.74) is 1.15. The van der Waals surface area contributed by atoms with E-state index in [-0.39, 0.29) is 19.9 Å². The molecule has 6 nitrogen and oxygen atoms in total. The minimum absolute atomic E-state index is 0.0626. The molecule has 0 radical (unpaired) electrons. The molecule has 4 aromatic carbocycles. The van der Waals surface area contributed by atoms with Crippen molar-refractivity contribution in [3.8, 4) is 0 Å². The van der Waals surface area contributed by atoms with Crippen LogP contribution in [-0.2, 0) is 20.0 Å². The molecule has 0 aromatic heterocycles. The molecule has 0 N–H and O–H groups in total. The maximum Gasteiger partial charge on any atom is 0.283 e. The Hall–Kier alpha value is -3.18. The van der Waals surface area contributed by atoms with Crippen molar-refractivity contribution in [3.63, 3.8) is 0 Å². The first-order valence-corrected chi connectivity index (χ1v) is 15.6. The molecule has 0 heterocycles. The van der Waals surface area contributed by atoms with E-state index in [9.17, 15) is 16.8 Å². The topological polar surface area (TPSA) is 93.0 Å². The van der Waals surface area contributed by atoms with Gasteiger partial charge in [0.25, 0.3) is 20.0 Å². The van der Waals surface area contributed by atoms with E-state index in [1.165, 1.54) is 24.3 Å². The zero-order valence-corrected chi connectivity index (χ0v) is 22.0. The molecule has 0 bridgehead atoms. The number of sulfonamides is 2. The highest BCUT2D eigenvalue weighted by molar-refractivity contribution is 8.87. The van der Waals surface area contributed by atoms with Crippen molar-refractivity contribution >= 4 is 51.7 Å². The van der Waals surface area contributed by atoms with Gasteiger partial charge in [-0.3, -0.25) is 0 Å². The Morgan fingerprint density at radius 3 is 1.03 bits per heavy atom. The Labute approximate surface area is 218 Å². The van der Waals surface area contributed by atoms with Crippen LogP contribution >= 0.6 is 21.6 Å². The summed E-state index contributed by atoms with van der Waals surface area (Å²) in [7, 11) is -5.95. The third kappa shape index (κ3) is 6.73. The van der Waals surface area contributed by atoms with Gasteiger partial charge in [-0.2, -0.15) is 25.6 Å². The maximum absolute atomic E-state index is 13.0. The van der Waals surface area contributed by atoms with Gasteiger partial charge in [-0.05, 0) is 45.9 Å². The quantitative estimate of drug-likeness (QED) is 0.165. The molecule has 0 fully saturated rings. The summed E-state index contributed by atoms with van der Waals surface area (Å²) in [5.74, 6) is 0. The van der Waals surface area contributed by atoms with E-state index in [2.05, 4.69) is 8.80 Å². The monoisotopic (exact) mass is 552 g/mol. The van der Waals surface area contributed by atoms with Crippen LogP contribution in [0.4, 0.5) is 0 Å². The molecule has 10 heteroatoms. The highest BCUT2D eigenvalue weighted by atomic mass is 33.1. The molecule has 182 valence electrons. The van der Waals surface area contributed by atoms with Crippen molar-refractivity contribution in [2.24, 2.45) is 8.80 Å². The van der Waals surface area contributed by atoms with Crippen molar-refractivity contribution < 1.29 is 16.8 Å². The van der Waals surface area contributed by atoms with E-state index in [1.54, 1.807) is 84.9 Å². The molecule has 0 spiro atoms. The van der Waals surface area contributed by atoms with Crippen LogP contribution in [0.1, 0.15) is 11.1 Å². The SMILES string of the molecule is O=S(=O)(/N=C(/SS/C(=N/S(=O)(=O)c1ccccc1)c1ccccc1)c1ccccc1)c1ccccc1. The molecule has 0 saturated heterocycles. The van der Waals surface area contributed by atoms with Crippen molar-refractivity contribution in [2.45, 2.75) is 9.79 Å². The third-order valence-corrected chi connectivity index (χ3v) is 9.79. The molecule has 0 atom stereocenters. The molecule has 0 aliphatic rings. The highest BCUT2D eigenvalue weighted by Crippen LogP contribution is 2.33. The van der Waals surface area contributed by atoms with E-state index in [0.717, 1.165) is 21.6 Å². The number of nitrogens with zero attached hydrogens (tertiary/aromatic N) is 2. The normalized spacial score (nSPS) is 12.9. The second-order valence-electron chi connectivity index (χ2n) is 7.27. The number of hydrogen-bond donors (Lipinski definition) is 0. The highest BCUT2D eigenvalue weighted by Gasteiger charge is 2.20. The fraction of sp³-hybridized carbons (Fsp3) is 0. The van der Waals surface area contributed by atoms with Gasteiger partial charge in [-0.1, -0.05) is 97.1 Å². The molecule has 0 unspecified atom stereocenters. The van der Waals surface area contributed by atoms with Gasteiger partial charge in [-0.25, -0.2) is 0 Å². The fourth-order valence-electron chi connectivity index (χ4n) is 2.98. The Balaban J connectivity index is 1.74. The lowest BCUT2D eigenvalue weighted by molar-refractivity contribution is 0.596. The van der Waals surface area contributed by atoms with Crippen molar-refractivity contribution in [2.75, 3.05) is 0 Å². The van der Waals surface area contributed by atoms with Crippen molar-refractivity contribution in [1.29, 1.82) is 0 Å². The Bertz CT molecular complexity index is 1450. The summed E-state index contributed by atoms with van der Waals surface area (Å²) in [6.07, 6.45) is 0. The van der Waals surface area contributed by atoms with Crippen LogP contribution in [0.3, 0.4) is 0 Å². The zero-order valence-electron chi connectivity index (χ0n) is 18.7. The average molecular weight is 553 g/mol. The minimum Gasteiger partial charge on any atom is -0.199 e. The van der Waals surface area contributed by atoms with Crippen LogP contribution in [0, 0.1) is 0 Å². The van der Waals surface area contributed by atoms with Gasteiger partial charge in [-0.15, -0.1) is 0 Å². The Morgan fingerprint density at radius 1 is 0.444 bits per heavy atom. The second-order valence-corrected chi connectivity index (χ2v) is 12.6. The first-order valence-electron chi connectivity index (χ1n) is 10.6. The number of benzene rings is 4. The molecular formula is C26H20N2O4S4. The van der Waals surface area contributed by atoms with Gasteiger partial charge in [0.05, 0.1) is 9.79 Å². The zero-order chi connectivity index (χ0) is 25.4. The molecule has 4 rings (SSSR count). The largest absolute Gasteiger partial charge is 0.283 e. The molecular weight excluding hydrogens is 533 g/mol. The summed E-state index contributed by atoms with van der Waals surface area (Å²) in [6.45, 7) is 0. The van der Waals surface area contributed by atoms with Crippen LogP contribution in [0.2, 0.25) is 0 Å². The fourth-order valence-corrected chi connectivity index (χ4v) is 7.89. The lowest BCUT2D eigenvalue weighted by Gasteiger charge is -2.09. The number of rotatable bonds is 6. The summed E-state index contributed by atoms with van der Waals surface area (Å²) >= 11 is 0. The van der Waals surface area contributed by atoms with Crippen molar-refractivity contribution in [1.82, 2.24) is 0 Å². The van der Waals surface area contributed by atoms with E-state index >= 15 is 0 Å². The van der Waals surface area contributed by atoms with Crippen LogP contribution in [-0.4, -0.2) is 26.9 Å². The van der Waals surface area contributed by atoms with Gasteiger partial charge >= 0.3 is 0 Å². The minimum atomic E-state index is -4.00. The maximum atomic E-state index is 13.0. The number of hydrogen-bond acceptors (Lipinski definition) is 6. The summed E-state index contributed by atoms with van der Waals surface area (Å²) in [4.78, 5) is 0.125. The van der Waals surface area contributed by atoms with Gasteiger partial charge in [0.15, 0.2) is 0 Å². The molecule has 0 amide bonds. The van der Waals surface area contributed by atoms with Gasteiger partial charge in [0.2, 0.25) is 0 Å². The Morgan fingerprint density at radius 2 is 0.722 bits per heavy atom. The van der Waals surface area contributed by atoms with Crippen LogP contribution in [0.15, 0.2) is 140 Å². The van der Waals surface area contributed by atoms with Gasteiger partial charge in [0, 0.05) is 11.1 Å². The van der Waals surface area contributed by atoms with Crippen LogP contribution < -0.4 is 0 Å². The third-order valence-electron chi connectivity index (χ3n) is 4.73. The molecule has 0 aliphatic heterocycles. The first-order chi connectivity index (χ1) is 17.4. The van der Waals surface area contributed by atoms with Gasteiger partial charge in [0.1, 0.15) is 10.1 Å². The van der Waals surface area contributed by atoms with Crippen LogP contribution in [0.5, 0.6) is 0 Å². The molecule has 4 aromatic rings. The van der Waals surface area contributed by atoms with E-state index in [4.69, 9.17) is 0 Å². The standard InChI is InChI=1S/C26H20N2O4S4/c29-35(30,23-17-9-3-10-18-23)27-25(21-13-5-1-6-14-21)33-34-26(22-15-7-2-8-16-22)28-36(31,32)24-19-11-4-12-20-24/h1-20H/b27-25+,28-26+. The van der Waals surface area contributed by atoms with E-state index in [0.29, 0.717) is 11.1 Å². The lowest BCUT2D eigenvalue weighted by Crippen LogP contribution is -2.05. The summed E-state index contributed by atoms with van der Waals surface area (Å²) < 4.78 is 60.2. The van der Waals surface area contributed by atoms with Crippen LogP contribution in [0.25, 0.3) is 0 Å². The molecule has 0 saturated carbocycles. The van der Waals surface area contributed by atoms with E-state index < -0.39 is 20.0 Å². The van der Waals surface area contributed by atoms with Crippen molar-refractivity contribution in [3.05, 3.63) is 132 Å². The predicted molar refractivity (Wildman–Crippen MR) is 148 cm³/mol. The summed E-state index contributed by atoms with van der Waals surface area (Å²) in [6, 6.07) is 33.5.